The number of carbonyl (C=O) groups excluding carboxylic acids is 1. The van der Waals surface area contributed by atoms with Gasteiger partial charge < -0.3 is 10.1 Å². The predicted molar refractivity (Wildman–Crippen MR) is 129 cm³/mol. The molecule has 2 heterocycles. The summed E-state index contributed by atoms with van der Waals surface area (Å²) in [6.07, 6.45) is 6.18. The van der Waals surface area contributed by atoms with E-state index in [1.807, 2.05) is 17.4 Å². The van der Waals surface area contributed by atoms with Crippen LogP contribution in [0.15, 0.2) is 23.9 Å². The number of ether oxygens (including phenoxy) is 1. The summed E-state index contributed by atoms with van der Waals surface area (Å²) < 4.78 is 7.07. The number of nitrogens with one attached hydrogen (secondary N) is 1. The van der Waals surface area contributed by atoms with Gasteiger partial charge in [-0.2, -0.15) is 0 Å². The van der Waals surface area contributed by atoms with E-state index in [0.29, 0.717) is 36.8 Å². The lowest BCUT2D eigenvalue weighted by Gasteiger charge is -2.33. The summed E-state index contributed by atoms with van der Waals surface area (Å²) in [7, 11) is 1.66. The van der Waals surface area contributed by atoms with Crippen molar-refractivity contribution in [2.75, 3.05) is 26.0 Å². The third-order valence-electron chi connectivity index (χ3n) is 5.74. The molecule has 1 aliphatic rings. The summed E-state index contributed by atoms with van der Waals surface area (Å²) in [5, 5.41) is 12.5. The van der Waals surface area contributed by atoms with Gasteiger partial charge in [0.1, 0.15) is 0 Å². The lowest BCUT2D eigenvalue weighted by Crippen LogP contribution is -2.27. The number of thiophene rings is 1. The second-order valence-electron chi connectivity index (χ2n) is 9.06. The van der Waals surface area contributed by atoms with Gasteiger partial charge in [-0.1, -0.05) is 38.6 Å². The highest BCUT2D eigenvalue weighted by Gasteiger charge is 2.30. The van der Waals surface area contributed by atoms with Gasteiger partial charge in [0.25, 0.3) is 0 Å². The fraction of sp³-hybridized carbons (Fsp3) is 0.609. The average Bonchev–Trinajstić information content (AvgIpc) is 3.32. The molecule has 0 fully saturated rings. The molecule has 31 heavy (non-hydrogen) atoms. The van der Waals surface area contributed by atoms with E-state index in [4.69, 9.17) is 4.74 Å². The summed E-state index contributed by atoms with van der Waals surface area (Å²) >= 11 is 3.25. The molecule has 0 spiro atoms. The van der Waals surface area contributed by atoms with Crippen molar-refractivity contribution in [2.45, 2.75) is 58.2 Å². The van der Waals surface area contributed by atoms with Gasteiger partial charge in [-0.15, -0.1) is 28.1 Å². The van der Waals surface area contributed by atoms with E-state index < -0.39 is 0 Å². The molecule has 1 atom stereocenters. The van der Waals surface area contributed by atoms with Crippen LogP contribution in [-0.2, 0) is 28.9 Å². The van der Waals surface area contributed by atoms with E-state index in [9.17, 15) is 4.79 Å². The number of aromatic nitrogens is 3. The smallest absolute Gasteiger partial charge is 0.230 e. The second-order valence-corrected chi connectivity index (χ2v) is 11.1. The molecule has 8 heteroatoms. The van der Waals surface area contributed by atoms with Crippen LogP contribution >= 0.6 is 23.1 Å². The number of nitrogens with zero attached hydrogens (tertiary/aromatic N) is 3. The lowest BCUT2D eigenvalue weighted by atomic mass is 9.72. The lowest BCUT2D eigenvalue weighted by molar-refractivity contribution is -0.118. The molecule has 0 radical (unpaired) electrons. The Morgan fingerprint density at radius 3 is 2.97 bits per heavy atom. The van der Waals surface area contributed by atoms with E-state index in [-0.39, 0.29) is 5.91 Å². The van der Waals surface area contributed by atoms with Crippen molar-refractivity contribution in [1.29, 1.82) is 0 Å². The molecule has 1 amide bonds. The molecule has 0 aliphatic heterocycles. The van der Waals surface area contributed by atoms with Crippen molar-refractivity contribution in [3.05, 3.63) is 29.2 Å². The number of fused-ring (bicyclic) bond motifs is 1. The van der Waals surface area contributed by atoms with Crippen LogP contribution in [0.25, 0.3) is 10.7 Å². The van der Waals surface area contributed by atoms with Gasteiger partial charge in [-0.3, -0.25) is 9.36 Å². The third kappa shape index (κ3) is 6.20. The summed E-state index contributed by atoms with van der Waals surface area (Å²) in [5.74, 6) is 1.89. The maximum Gasteiger partial charge on any atom is 0.230 e. The average molecular weight is 463 g/mol. The highest BCUT2D eigenvalue weighted by Crippen LogP contribution is 2.42. The molecule has 2 aromatic heterocycles. The molecule has 1 N–H and O–H groups in total. The summed E-state index contributed by atoms with van der Waals surface area (Å²) in [5.41, 5.74) is 1.79. The number of amides is 1. The number of aryl methyl sites for hydroxylation is 1. The van der Waals surface area contributed by atoms with Gasteiger partial charge in [-0.25, -0.2) is 0 Å². The van der Waals surface area contributed by atoms with Gasteiger partial charge in [0.15, 0.2) is 11.0 Å². The van der Waals surface area contributed by atoms with Crippen molar-refractivity contribution in [3.63, 3.8) is 0 Å². The zero-order chi connectivity index (χ0) is 22.4. The highest BCUT2D eigenvalue weighted by molar-refractivity contribution is 7.99. The molecular weight excluding hydrogens is 428 g/mol. The quantitative estimate of drug-likeness (QED) is 0.318. The number of carbonyl (C=O) groups is 1. The first-order valence-corrected chi connectivity index (χ1v) is 12.7. The van der Waals surface area contributed by atoms with Crippen molar-refractivity contribution >= 4 is 29.0 Å². The first-order chi connectivity index (χ1) is 14.8. The Labute approximate surface area is 193 Å². The minimum Gasteiger partial charge on any atom is -0.385 e. The first-order valence-electron chi connectivity index (χ1n) is 10.9. The number of thioether (sulfide) groups is 1. The van der Waals surface area contributed by atoms with Crippen molar-refractivity contribution in [2.24, 2.45) is 11.3 Å². The number of hydrogen-bond acceptors (Lipinski definition) is 6. The predicted octanol–water partition coefficient (Wildman–Crippen LogP) is 4.59. The Hall–Kier alpha value is -1.64. The van der Waals surface area contributed by atoms with Crippen LogP contribution in [0.1, 0.15) is 44.1 Å². The van der Waals surface area contributed by atoms with E-state index in [0.717, 1.165) is 35.1 Å². The molecule has 6 nitrogen and oxygen atoms in total. The normalized spacial score (nSPS) is 16.2. The molecule has 0 bridgehead atoms. The SMILES string of the molecule is C=CCn1c(SCC(=O)NCCCOC)nnc1-c1cc2c(s1)CCC(C(C)(C)C)C2. The van der Waals surface area contributed by atoms with Crippen LogP contribution in [0.4, 0.5) is 0 Å². The second kappa shape index (κ2) is 10.8. The van der Waals surface area contributed by atoms with Crippen LogP contribution in [0.5, 0.6) is 0 Å². The van der Waals surface area contributed by atoms with E-state index in [2.05, 4.69) is 53.5 Å². The Balaban J connectivity index is 1.70. The van der Waals surface area contributed by atoms with Crippen molar-refractivity contribution in [1.82, 2.24) is 20.1 Å². The maximum atomic E-state index is 12.1. The zero-order valence-corrected chi connectivity index (χ0v) is 20.7. The summed E-state index contributed by atoms with van der Waals surface area (Å²) in [4.78, 5) is 14.8. The Morgan fingerprint density at radius 1 is 1.45 bits per heavy atom. The van der Waals surface area contributed by atoms with Crippen LogP contribution in [0.3, 0.4) is 0 Å². The Bertz CT molecular complexity index is 898. The molecule has 170 valence electrons. The number of methoxy groups -OCH3 is 1. The van der Waals surface area contributed by atoms with Crippen molar-refractivity contribution < 1.29 is 9.53 Å². The number of rotatable bonds is 10. The van der Waals surface area contributed by atoms with Crippen LogP contribution < -0.4 is 5.32 Å². The van der Waals surface area contributed by atoms with Crippen LogP contribution in [0, 0.1) is 11.3 Å². The van der Waals surface area contributed by atoms with E-state index in [1.54, 1.807) is 7.11 Å². The fourth-order valence-electron chi connectivity index (χ4n) is 3.87. The van der Waals surface area contributed by atoms with Crippen LogP contribution in [0.2, 0.25) is 0 Å². The topological polar surface area (TPSA) is 69.0 Å². The van der Waals surface area contributed by atoms with Gasteiger partial charge in [-0.05, 0) is 48.6 Å². The Morgan fingerprint density at radius 2 is 2.26 bits per heavy atom. The standard InChI is InChI=1S/C23H34N4O2S2/c1-6-11-27-21(25-26-22(27)30-15-20(28)24-10-7-12-29-5)19-14-16-13-17(23(2,3)4)8-9-18(16)31-19/h6,14,17H,1,7-13,15H2,2-5H3,(H,24,28). The van der Waals surface area contributed by atoms with Gasteiger partial charge >= 0.3 is 0 Å². The molecule has 3 rings (SSSR count). The van der Waals surface area contributed by atoms with E-state index >= 15 is 0 Å². The molecule has 0 aromatic carbocycles. The highest BCUT2D eigenvalue weighted by atomic mass is 32.2. The monoisotopic (exact) mass is 462 g/mol. The zero-order valence-electron chi connectivity index (χ0n) is 19.1. The summed E-state index contributed by atoms with van der Waals surface area (Å²) in [6, 6.07) is 2.30. The largest absolute Gasteiger partial charge is 0.385 e. The minimum atomic E-state index is -0.00406. The van der Waals surface area contributed by atoms with Gasteiger partial charge in [0.05, 0.1) is 10.6 Å². The van der Waals surface area contributed by atoms with Gasteiger partial charge in [0.2, 0.25) is 5.91 Å². The first kappa shape index (κ1) is 24.0. The maximum absolute atomic E-state index is 12.1. The van der Waals surface area contributed by atoms with Crippen LogP contribution in [-0.4, -0.2) is 46.7 Å². The molecule has 2 aromatic rings. The minimum absolute atomic E-state index is 0.00406. The third-order valence-corrected chi connectivity index (χ3v) is 7.94. The van der Waals surface area contributed by atoms with Crippen molar-refractivity contribution in [3.8, 4) is 10.7 Å². The molecule has 0 saturated heterocycles. The van der Waals surface area contributed by atoms with E-state index in [1.165, 1.54) is 28.6 Å². The molecular formula is C23H34N4O2S2. The summed E-state index contributed by atoms with van der Waals surface area (Å²) in [6.45, 7) is 12.8. The fourth-order valence-corrected chi connectivity index (χ4v) is 5.85. The Kier molecular flexibility index (Phi) is 8.36. The number of allylic oxidation sites excluding steroid dienone is 1. The van der Waals surface area contributed by atoms with Gasteiger partial charge in [0, 0.05) is 31.7 Å². The molecule has 1 unspecified atom stereocenters. The number of hydrogen-bond donors (Lipinski definition) is 1. The molecule has 1 aliphatic carbocycles. The molecule has 0 saturated carbocycles.